The number of nitrogens with one attached hydrogen (secondary N) is 1. The third-order valence-corrected chi connectivity index (χ3v) is 5.07. The number of benzene rings is 2. The van der Waals surface area contributed by atoms with E-state index < -0.39 is 0 Å². The number of hydrogen-bond donors (Lipinski definition) is 1. The second-order valence-corrected chi connectivity index (χ2v) is 7.90. The van der Waals surface area contributed by atoms with Crippen molar-refractivity contribution in [2.45, 2.75) is 46.1 Å². The summed E-state index contributed by atoms with van der Waals surface area (Å²) in [6.07, 6.45) is 0. The summed E-state index contributed by atoms with van der Waals surface area (Å²) in [7, 11) is 0. The van der Waals surface area contributed by atoms with Crippen LogP contribution in [0.5, 0.6) is 0 Å². The van der Waals surface area contributed by atoms with E-state index in [9.17, 15) is 0 Å². The highest BCUT2D eigenvalue weighted by Gasteiger charge is 2.17. The summed E-state index contributed by atoms with van der Waals surface area (Å²) in [5.74, 6) is 1.69. The maximum atomic E-state index is 6.24. The number of para-hydroxylation sites is 1. The van der Waals surface area contributed by atoms with E-state index >= 15 is 0 Å². The molecule has 1 aromatic heterocycles. The van der Waals surface area contributed by atoms with Gasteiger partial charge in [0.05, 0.1) is 22.2 Å². The highest BCUT2D eigenvalue weighted by Crippen LogP contribution is 2.34. The van der Waals surface area contributed by atoms with Crippen LogP contribution in [0.15, 0.2) is 40.9 Å². The Morgan fingerprint density at radius 1 is 0.926 bits per heavy atom. The fourth-order valence-electron chi connectivity index (χ4n) is 3.06. The molecule has 27 heavy (non-hydrogen) atoms. The van der Waals surface area contributed by atoms with Crippen LogP contribution in [0.3, 0.4) is 0 Å². The molecule has 2 aromatic carbocycles. The van der Waals surface area contributed by atoms with Gasteiger partial charge in [0.1, 0.15) is 0 Å². The zero-order valence-corrected chi connectivity index (χ0v) is 17.4. The van der Waals surface area contributed by atoms with Gasteiger partial charge in [0.25, 0.3) is 0 Å². The second-order valence-electron chi connectivity index (χ2n) is 7.08. The van der Waals surface area contributed by atoms with Crippen LogP contribution in [-0.2, 0) is 6.54 Å². The van der Waals surface area contributed by atoms with Crippen LogP contribution < -0.4 is 5.32 Å². The van der Waals surface area contributed by atoms with Gasteiger partial charge in [-0.25, -0.2) is 0 Å². The SMILES string of the molecule is CC(C)c1cccc(C(C)C)c1NCc1nc(-c2c(Cl)cccc2Cl)no1. The summed E-state index contributed by atoms with van der Waals surface area (Å²) in [4.78, 5) is 4.46. The summed E-state index contributed by atoms with van der Waals surface area (Å²) in [6, 6.07) is 11.7. The minimum absolute atomic E-state index is 0.392. The van der Waals surface area contributed by atoms with E-state index in [2.05, 4.69) is 61.4 Å². The third-order valence-electron chi connectivity index (χ3n) is 4.44. The van der Waals surface area contributed by atoms with E-state index in [4.69, 9.17) is 27.7 Å². The maximum absolute atomic E-state index is 6.24. The molecule has 3 aromatic rings. The van der Waals surface area contributed by atoms with Crippen LogP contribution in [0, 0.1) is 0 Å². The average Bonchev–Trinajstić information content (AvgIpc) is 3.07. The zero-order chi connectivity index (χ0) is 19.6. The molecule has 0 atom stereocenters. The summed E-state index contributed by atoms with van der Waals surface area (Å²) in [5.41, 5.74) is 4.27. The molecular formula is C21H23Cl2N3O. The summed E-state index contributed by atoms with van der Waals surface area (Å²) in [6.45, 7) is 9.19. The normalized spacial score (nSPS) is 11.4. The molecule has 0 fully saturated rings. The van der Waals surface area contributed by atoms with Gasteiger partial charge in [0, 0.05) is 5.69 Å². The highest BCUT2D eigenvalue weighted by molar-refractivity contribution is 6.38. The molecule has 1 N–H and O–H groups in total. The number of nitrogens with zero attached hydrogens (tertiary/aromatic N) is 2. The Hall–Kier alpha value is -2.04. The average molecular weight is 404 g/mol. The molecular weight excluding hydrogens is 381 g/mol. The Morgan fingerprint density at radius 2 is 1.48 bits per heavy atom. The molecule has 0 saturated carbocycles. The summed E-state index contributed by atoms with van der Waals surface area (Å²) < 4.78 is 5.41. The van der Waals surface area contributed by atoms with Crippen molar-refractivity contribution in [3.05, 3.63) is 63.5 Å². The van der Waals surface area contributed by atoms with E-state index in [0.717, 1.165) is 5.69 Å². The van der Waals surface area contributed by atoms with Crippen molar-refractivity contribution in [3.63, 3.8) is 0 Å². The van der Waals surface area contributed by atoms with Gasteiger partial charge in [-0.2, -0.15) is 4.98 Å². The molecule has 6 heteroatoms. The van der Waals surface area contributed by atoms with Crippen LogP contribution in [0.4, 0.5) is 5.69 Å². The minimum atomic E-state index is 0.392. The van der Waals surface area contributed by atoms with Crippen molar-refractivity contribution in [1.82, 2.24) is 10.1 Å². The summed E-state index contributed by atoms with van der Waals surface area (Å²) >= 11 is 12.5. The first kappa shape index (κ1) is 19.7. The van der Waals surface area contributed by atoms with Crippen molar-refractivity contribution >= 4 is 28.9 Å². The monoisotopic (exact) mass is 403 g/mol. The fraction of sp³-hybridized carbons (Fsp3) is 0.333. The third kappa shape index (κ3) is 4.28. The molecule has 0 spiro atoms. The Bertz CT molecular complexity index is 888. The van der Waals surface area contributed by atoms with Crippen molar-refractivity contribution in [1.29, 1.82) is 0 Å². The van der Waals surface area contributed by atoms with Crippen molar-refractivity contribution in [2.75, 3.05) is 5.32 Å². The number of rotatable bonds is 6. The number of anilines is 1. The molecule has 3 rings (SSSR count). The predicted molar refractivity (Wildman–Crippen MR) is 112 cm³/mol. The van der Waals surface area contributed by atoms with Crippen molar-refractivity contribution < 1.29 is 4.52 Å². The number of hydrogen-bond acceptors (Lipinski definition) is 4. The van der Waals surface area contributed by atoms with E-state index in [1.807, 2.05) is 0 Å². The van der Waals surface area contributed by atoms with Gasteiger partial charge in [-0.15, -0.1) is 0 Å². The van der Waals surface area contributed by atoms with Gasteiger partial charge in [0.15, 0.2) is 0 Å². The molecule has 1 heterocycles. The first-order chi connectivity index (χ1) is 12.9. The lowest BCUT2D eigenvalue weighted by Gasteiger charge is -2.20. The van der Waals surface area contributed by atoms with Gasteiger partial charge in [0.2, 0.25) is 11.7 Å². The van der Waals surface area contributed by atoms with Gasteiger partial charge < -0.3 is 9.84 Å². The Morgan fingerprint density at radius 3 is 2.04 bits per heavy atom. The molecule has 0 amide bonds. The number of halogens is 2. The lowest BCUT2D eigenvalue weighted by atomic mass is 9.92. The lowest BCUT2D eigenvalue weighted by Crippen LogP contribution is -2.08. The van der Waals surface area contributed by atoms with Crippen LogP contribution >= 0.6 is 23.2 Å². The van der Waals surface area contributed by atoms with E-state index in [-0.39, 0.29) is 0 Å². The molecule has 0 aliphatic rings. The Labute approximate surface area is 169 Å². The van der Waals surface area contributed by atoms with E-state index in [0.29, 0.717) is 45.7 Å². The Kier molecular flexibility index (Phi) is 6.08. The van der Waals surface area contributed by atoms with Crippen molar-refractivity contribution in [3.8, 4) is 11.4 Å². The van der Waals surface area contributed by atoms with Gasteiger partial charge in [-0.3, -0.25) is 0 Å². The topological polar surface area (TPSA) is 51.0 Å². The molecule has 0 bridgehead atoms. The smallest absolute Gasteiger partial charge is 0.246 e. The molecule has 4 nitrogen and oxygen atoms in total. The van der Waals surface area contributed by atoms with Crippen LogP contribution in [0.25, 0.3) is 11.4 Å². The van der Waals surface area contributed by atoms with Crippen LogP contribution in [0.2, 0.25) is 10.0 Å². The minimum Gasteiger partial charge on any atom is -0.376 e. The van der Waals surface area contributed by atoms with Crippen LogP contribution in [-0.4, -0.2) is 10.1 Å². The van der Waals surface area contributed by atoms with E-state index in [1.165, 1.54) is 11.1 Å². The lowest BCUT2D eigenvalue weighted by molar-refractivity contribution is 0.384. The standard InChI is InChI=1S/C21H23Cl2N3O/c1-12(2)14-7-5-8-15(13(3)4)20(14)24-11-18-25-21(26-27-18)19-16(22)9-6-10-17(19)23/h5-10,12-13,24H,11H2,1-4H3. The molecule has 0 unspecified atom stereocenters. The summed E-state index contributed by atoms with van der Waals surface area (Å²) in [5, 5.41) is 8.52. The fourth-order valence-corrected chi connectivity index (χ4v) is 3.63. The second kappa shape index (κ2) is 8.32. The van der Waals surface area contributed by atoms with E-state index in [1.54, 1.807) is 18.2 Å². The zero-order valence-electron chi connectivity index (χ0n) is 15.9. The molecule has 0 aliphatic carbocycles. The first-order valence-electron chi connectivity index (χ1n) is 9.02. The molecule has 0 radical (unpaired) electrons. The number of aromatic nitrogens is 2. The molecule has 142 valence electrons. The molecule has 0 saturated heterocycles. The first-order valence-corrected chi connectivity index (χ1v) is 9.77. The predicted octanol–water partition coefficient (Wildman–Crippen LogP) is 6.90. The maximum Gasteiger partial charge on any atom is 0.246 e. The van der Waals surface area contributed by atoms with Gasteiger partial charge in [-0.1, -0.05) is 80.3 Å². The quantitative estimate of drug-likeness (QED) is 0.485. The largest absolute Gasteiger partial charge is 0.376 e. The highest BCUT2D eigenvalue weighted by atomic mass is 35.5. The van der Waals surface area contributed by atoms with Crippen LogP contribution in [0.1, 0.15) is 56.5 Å². The Balaban J connectivity index is 1.86. The van der Waals surface area contributed by atoms with Gasteiger partial charge >= 0.3 is 0 Å². The molecule has 0 aliphatic heterocycles. The van der Waals surface area contributed by atoms with Crippen molar-refractivity contribution in [2.24, 2.45) is 0 Å². The van der Waals surface area contributed by atoms with Gasteiger partial charge in [-0.05, 0) is 35.1 Å².